The summed E-state index contributed by atoms with van der Waals surface area (Å²) in [5.41, 5.74) is 8.52. The number of carbonyl (C=O) groups excluding carboxylic acids is 1. The third-order valence-electron chi connectivity index (χ3n) is 5.91. The molecule has 1 aliphatic heterocycles. The number of nitrogens with two attached hydrogens (primary N) is 1. The number of carbonyl (C=O) groups is 1. The molecular weight excluding hydrogens is 497 g/mol. The zero-order valence-electron chi connectivity index (χ0n) is 20.4. The summed E-state index contributed by atoms with van der Waals surface area (Å²) in [5.74, 6) is -0.194. The van der Waals surface area contributed by atoms with E-state index in [-0.39, 0.29) is 40.1 Å². The number of nitrogens with zero attached hydrogens (tertiary/aromatic N) is 6. The van der Waals surface area contributed by atoms with Crippen LogP contribution in [-0.4, -0.2) is 56.6 Å². The van der Waals surface area contributed by atoms with E-state index in [9.17, 15) is 4.79 Å². The molecule has 1 amide bonds. The Morgan fingerprint density at radius 2 is 2.14 bits per heavy atom. The number of halogens is 2. The summed E-state index contributed by atoms with van der Waals surface area (Å²) in [6, 6.07) is 5.80. The molecule has 11 heteroatoms. The van der Waals surface area contributed by atoms with Gasteiger partial charge in [-0.2, -0.15) is 4.98 Å². The Hall–Kier alpha value is -4.18. The molecule has 2 N–H and O–H groups in total. The molecule has 1 unspecified atom stereocenters. The number of aromatic nitrogens is 4. The maximum absolute atomic E-state index is 15.3. The van der Waals surface area contributed by atoms with Gasteiger partial charge in [-0.1, -0.05) is 24.3 Å². The van der Waals surface area contributed by atoms with Crippen LogP contribution < -0.4 is 10.5 Å². The SMILES string of the molecule is C=CC(=O)N1CCC(/C=C(/C)c2ncnc(N)c2C(=NC)c2ccc(Oc3nccc(Cl)n3)cc2F)C1. The van der Waals surface area contributed by atoms with Crippen LogP contribution in [-0.2, 0) is 4.79 Å². The lowest BCUT2D eigenvalue weighted by atomic mass is 9.95. The average molecular weight is 522 g/mol. The zero-order valence-corrected chi connectivity index (χ0v) is 21.1. The molecule has 37 heavy (non-hydrogen) atoms. The van der Waals surface area contributed by atoms with Gasteiger partial charge in [0.2, 0.25) is 5.91 Å². The standard InChI is InChI=1S/C26H25ClFN7O2/c1-4-21(36)35-10-8-16(13-35)11-15(2)23-22(25(29)33-14-32-23)24(30-3)18-6-5-17(12-19(18)28)37-26-31-9-7-20(27)34-26/h4-7,9,11-12,14,16H,1,8,10,13H2,2-3H3,(H2,29,32,33)/b15-11-,30-24?. The Labute approximate surface area is 218 Å². The van der Waals surface area contributed by atoms with E-state index >= 15 is 4.39 Å². The molecular formula is C26H25ClFN7O2. The van der Waals surface area contributed by atoms with Crippen molar-refractivity contribution < 1.29 is 13.9 Å². The van der Waals surface area contributed by atoms with Crippen molar-refractivity contribution in [2.45, 2.75) is 13.3 Å². The van der Waals surface area contributed by atoms with Gasteiger partial charge in [0.1, 0.15) is 28.9 Å². The maximum atomic E-state index is 15.3. The topological polar surface area (TPSA) is 119 Å². The molecule has 2 aromatic heterocycles. The number of allylic oxidation sites excluding steroid dienone is 1. The number of ether oxygens (including phenoxy) is 1. The molecule has 1 atom stereocenters. The maximum Gasteiger partial charge on any atom is 0.323 e. The predicted molar refractivity (Wildman–Crippen MR) is 140 cm³/mol. The van der Waals surface area contributed by atoms with E-state index in [1.165, 1.54) is 36.8 Å². The molecule has 1 fully saturated rings. The molecule has 0 saturated carbocycles. The number of hydrogen-bond donors (Lipinski definition) is 1. The van der Waals surface area contributed by atoms with Gasteiger partial charge in [0, 0.05) is 38.0 Å². The van der Waals surface area contributed by atoms with Gasteiger partial charge in [-0.05, 0) is 49.1 Å². The highest BCUT2D eigenvalue weighted by molar-refractivity contribution is 6.29. The second kappa shape index (κ2) is 11.3. The third kappa shape index (κ3) is 5.80. The Balaban J connectivity index is 1.65. The van der Waals surface area contributed by atoms with Gasteiger partial charge in [0.05, 0.1) is 17.0 Å². The van der Waals surface area contributed by atoms with Crippen molar-refractivity contribution in [1.29, 1.82) is 0 Å². The Morgan fingerprint density at radius 1 is 1.32 bits per heavy atom. The lowest BCUT2D eigenvalue weighted by molar-refractivity contribution is -0.125. The minimum Gasteiger partial charge on any atom is -0.424 e. The summed E-state index contributed by atoms with van der Waals surface area (Å²) in [6.45, 7) is 6.69. The Kier molecular flexibility index (Phi) is 7.88. The van der Waals surface area contributed by atoms with Crippen LogP contribution in [0.5, 0.6) is 11.8 Å². The highest BCUT2D eigenvalue weighted by Gasteiger charge is 2.25. The molecule has 3 heterocycles. The molecule has 0 bridgehead atoms. The van der Waals surface area contributed by atoms with Gasteiger partial charge in [0.15, 0.2) is 0 Å². The normalized spacial score (nSPS) is 16.1. The lowest BCUT2D eigenvalue weighted by Crippen LogP contribution is -2.26. The second-order valence-corrected chi connectivity index (χ2v) is 8.73. The molecule has 190 valence electrons. The van der Waals surface area contributed by atoms with Gasteiger partial charge in [0.25, 0.3) is 0 Å². The first-order valence-corrected chi connectivity index (χ1v) is 11.8. The first kappa shape index (κ1) is 25.9. The van der Waals surface area contributed by atoms with E-state index in [0.717, 1.165) is 12.0 Å². The van der Waals surface area contributed by atoms with Crippen molar-refractivity contribution in [2.24, 2.45) is 10.9 Å². The molecule has 0 spiro atoms. The van der Waals surface area contributed by atoms with Gasteiger partial charge in [-0.25, -0.2) is 19.3 Å². The van der Waals surface area contributed by atoms with Crippen LogP contribution in [0.1, 0.15) is 30.2 Å². The number of aliphatic imine (C=N–C) groups is 1. The van der Waals surface area contributed by atoms with Crippen LogP contribution in [0.3, 0.4) is 0 Å². The number of hydrogen-bond acceptors (Lipinski definition) is 8. The van der Waals surface area contributed by atoms with Gasteiger partial charge in [-0.15, -0.1) is 0 Å². The number of anilines is 1. The van der Waals surface area contributed by atoms with E-state index in [0.29, 0.717) is 30.1 Å². The molecule has 0 radical (unpaired) electrons. The summed E-state index contributed by atoms with van der Waals surface area (Å²) in [4.78, 5) is 34.5. The third-order valence-corrected chi connectivity index (χ3v) is 6.12. The van der Waals surface area contributed by atoms with Crippen LogP contribution in [0.4, 0.5) is 10.2 Å². The molecule has 3 aromatic rings. The van der Waals surface area contributed by atoms with E-state index in [1.807, 2.05) is 13.0 Å². The highest BCUT2D eigenvalue weighted by Crippen LogP contribution is 2.29. The monoisotopic (exact) mass is 521 g/mol. The summed E-state index contributed by atoms with van der Waals surface area (Å²) in [7, 11) is 1.55. The van der Waals surface area contributed by atoms with Crippen LogP contribution in [0.25, 0.3) is 5.57 Å². The van der Waals surface area contributed by atoms with E-state index in [1.54, 1.807) is 18.0 Å². The van der Waals surface area contributed by atoms with Crippen molar-refractivity contribution in [3.8, 4) is 11.8 Å². The Morgan fingerprint density at radius 3 is 2.84 bits per heavy atom. The summed E-state index contributed by atoms with van der Waals surface area (Å²) in [5, 5.41) is 0.204. The van der Waals surface area contributed by atoms with Crippen LogP contribution in [0.2, 0.25) is 5.15 Å². The minimum atomic E-state index is -0.592. The summed E-state index contributed by atoms with van der Waals surface area (Å²) in [6.07, 6.45) is 6.98. The first-order chi connectivity index (χ1) is 17.8. The molecule has 9 nitrogen and oxygen atoms in total. The quantitative estimate of drug-likeness (QED) is 0.279. The van der Waals surface area contributed by atoms with Gasteiger partial charge >= 0.3 is 6.01 Å². The Bertz CT molecular complexity index is 1410. The van der Waals surface area contributed by atoms with Crippen molar-refractivity contribution in [3.05, 3.63) is 83.3 Å². The van der Waals surface area contributed by atoms with E-state index in [2.05, 4.69) is 31.5 Å². The number of amides is 1. The molecule has 1 saturated heterocycles. The second-order valence-electron chi connectivity index (χ2n) is 8.35. The van der Waals surface area contributed by atoms with E-state index in [4.69, 9.17) is 22.1 Å². The van der Waals surface area contributed by atoms with Gasteiger partial charge in [-0.3, -0.25) is 9.79 Å². The molecule has 1 aliphatic rings. The fourth-order valence-corrected chi connectivity index (χ4v) is 4.34. The molecule has 1 aromatic carbocycles. The fraction of sp³-hybridized carbons (Fsp3) is 0.231. The largest absolute Gasteiger partial charge is 0.424 e. The molecule has 4 rings (SSSR count). The van der Waals surface area contributed by atoms with Crippen LogP contribution >= 0.6 is 11.6 Å². The first-order valence-electron chi connectivity index (χ1n) is 11.4. The minimum absolute atomic E-state index is 0.00643. The van der Waals surface area contributed by atoms with Crippen LogP contribution in [0.15, 0.2) is 60.5 Å². The number of benzene rings is 1. The fourth-order valence-electron chi connectivity index (χ4n) is 4.21. The number of likely N-dealkylation sites (tertiary alicyclic amines) is 1. The zero-order chi connectivity index (χ0) is 26.5. The highest BCUT2D eigenvalue weighted by atomic mass is 35.5. The summed E-state index contributed by atoms with van der Waals surface area (Å²) >= 11 is 5.86. The number of rotatable bonds is 7. The smallest absolute Gasteiger partial charge is 0.323 e. The van der Waals surface area contributed by atoms with E-state index < -0.39 is 5.82 Å². The summed E-state index contributed by atoms with van der Waals surface area (Å²) < 4.78 is 20.9. The predicted octanol–water partition coefficient (Wildman–Crippen LogP) is 4.34. The number of nitrogen functional groups attached to an aromatic ring is 1. The average Bonchev–Trinajstić information content (AvgIpc) is 3.34. The van der Waals surface area contributed by atoms with Crippen molar-refractivity contribution in [1.82, 2.24) is 24.8 Å². The van der Waals surface area contributed by atoms with Crippen LogP contribution in [0, 0.1) is 11.7 Å². The lowest BCUT2D eigenvalue weighted by Gasteiger charge is -2.16. The van der Waals surface area contributed by atoms with Crippen molar-refractivity contribution >= 4 is 34.6 Å². The molecule has 0 aliphatic carbocycles. The van der Waals surface area contributed by atoms with Crippen molar-refractivity contribution in [3.63, 3.8) is 0 Å². The van der Waals surface area contributed by atoms with Crippen molar-refractivity contribution in [2.75, 3.05) is 25.9 Å². The van der Waals surface area contributed by atoms with Gasteiger partial charge < -0.3 is 15.4 Å².